The van der Waals surface area contributed by atoms with Crippen LogP contribution < -0.4 is 5.32 Å². The first-order chi connectivity index (χ1) is 8.89. The number of piperidine rings is 2. The normalized spacial score (nSPS) is 30.4. The van der Waals surface area contributed by atoms with Crippen LogP contribution in [0.3, 0.4) is 0 Å². The highest BCUT2D eigenvalue weighted by molar-refractivity contribution is 7.86. The molecule has 0 aromatic heterocycles. The van der Waals surface area contributed by atoms with E-state index in [1.54, 1.807) is 8.61 Å². The summed E-state index contributed by atoms with van der Waals surface area (Å²) in [6, 6.07) is 0.149. The fourth-order valence-corrected chi connectivity index (χ4v) is 4.88. The first-order valence-corrected chi connectivity index (χ1v) is 8.75. The predicted molar refractivity (Wildman–Crippen MR) is 77.2 cm³/mol. The van der Waals surface area contributed by atoms with E-state index < -0.39 is 10.2 Å². The van der Waals surface area contributed by atoms with Crippen LogP contribution in [0.15, 0.2) is 0 Å². The summed E-state index contributed by atoms with van der Waals surface area (Å²) >= 11 is 0. The van der Waals surface area contributed by atoms with Gasteiger partial charge in [0.15, 0.2) is 0 Å². The van der Waals surface area contributed by atoms with E-state index in [2.05, 4.69) is 12.2 Å². The average molecular weight is 289 g/mol. The molecule has 112 valence electrons. The van der Waals surface area contributed by atoms with Crippen molar-refractivity contribution >= 4 is 10.2 Å². The summed E-state index contributed by atoms with van der Waals surface area (Å²) in [6.07, 6.45) is 4.88. The van der Waals surface area contributed by atoms with Gasteiger partial charge >= 0.3 is 0 Å². The first-order valence-electron chi connectivity index (χ1n) is 7.35. The summed E-state index contributed by atoms with van der Waals surface area (Å²) in [7, 11) is -1.30. The zero-order chi connectivity index (χ0) is 14.1. The molecule has 2 heterocycles. The van der Waals surface area contributed by atoms with Crippen LogP contribution in [-0.4, -0.2) is 55.3 Å². The Bertz CT molecular complexity index is 402. The molecule has 0 spiro atoms. The second kappa shape index (κ2) is 5.68. The molecule has 0 saturated carbocycles. The maximum absolute atomic E-state index is 12.7. The number of hydrogen-bond acceptors (Lipinski definition) is 3. The van der Waals surface area contributed by atoms with Gasteiger partial charge in [-0.3, -0.25) is 0 Å². The van der Waals surface area contributed by atoms with Crippen molar-refractivity contribution in [1.82, 2.24) is 13.9 Å². The van der Waals surface area contributed by atoms with Gasteiger partial charge in [-0.2, -0.15) is 17.0 Å². The molecule has 2 saturated heterocycles. The van der Waals surface area contributed by atoms with Crippen LogP contribution in [0.4, 0.5) is 0 Å². The Balaban J connectivity index is 2.05. The Hall–Kier alpha value is -0.170. The van der Waals surface area contributed by atoms with Crippen molar-refractivity contribution in [2.24, 2.45) is 0 Å². The van der Waals surface area contributed by atoms with Crippen molar-refractivity contribution in [3.05, 3.63) is 0 Å². The van der Waals surface area contributed by atoms with E-state index in [-0.39, 0.29) is 11.6 Å². The zero-order valence-electron chi connectivity index (χ0n) is 12.4. The van der Waals surface area contributed by atoms with Crippen LogP contribution in [0.2, 0.25) is 0 Å². The number of rotatable bonds is 3. The van der Waals surface area contributed by atoms with Crippen LogP contribution in [0, 0.1) is 0 Å². The van der Waals surface area contributed by atoms with Crippen LogP contribution in [0.5, 0.6) is 0 Å². The molecule has 1 atom stereocenters. The predicted octanol–water partition coefficient (Wildman–Crippen LogP) is 1.18. The zero-order valence-corrected chi connectivity index (χ0v) is 13.2. The third kappa shape index (κ3) is 3.12. The summed E-state index contributed by atoms with van der Waals surface area (Å²) in [4.78, 5) is 0. The quantitative estimate of drug-likeness (QED) is 0.849. The van der Waals surface area contributed by atoms with Crippen molar-refractivity contribution in [3.63, 3.8) is 0 Å². The van der Waals surface area contributed by atoms with Crippen LogP contribution in [-0.2, 0) is 10.2 Å². The smallest absolute Gasteiger partial charge is 0.282 e. The number of hydrogen-bond donors (Lipinski definition) is 1. The van der Waals surface area contributed by atoms with Crippen LogP contribution in [0.25, 0.3) is 0 Å². The third-order valence-electron chi connectivity index (χ3n) is 4.79. The van der Waals surface area contributed by atoms with Gasteiger partial charge in [-0.25, -0.2) is 0 Å². The Morgan fingerprint density at radius 3 is 2.32 bits per heavy atom. The highest BCUT2D eigenvalue weighted by Crippen LogP contribution is 2.27. The van der Waals surface area contributed by atoms with Crippen molar-refractivity contribution in [1.29, 1.82) is 0 Å². The van der Waals surface area contributed by atoms with Crippen molar-refractivity contribution in [2.45, 2.75) is 57.5 Å². The molecule has 0 aromatic carbocycles. The highest BCUT2D eigenvalue weighted by Gasteiger charge is 2.38. The molecular weight excluding hydrogens is 262 g/mol. The summed E-state index contributed by atoms with van der Waals surface area (Å²) in [5.41, 5.74) is 0.0829. The average Bonchev–Trinajstić information content (AvgIpc) is 2.39. The maximum Gasteiger partial charge on any atom is 0.282 e. The highest BCUT2D eigenvalue weighted by atomic mass is 32.2. The lowest BCUT2D eigenvalue weighted by Crippen LogP contribution is -2.56. The minimum atomic E-state index is -3.25. The molecule has 0 radical (unpaired) electrons. The third-order valence-corrected chi connectivity index (χ3v) is 6.95. The van der Waals surface area contributed by atoms with Gasteiger partial charge in [-0.05, 0) is 46.6 Å². The maximum atomic E-state index is 12.7. The molecule has 19 heavy (non-hydrogen) atoms. The fourth-order valence-electron chi connectivity index (χ4n) is 3.02. The molecule has 2 aliphatic rings. The van der Waals surface area contributed by atoms with Gasteiger partial charge in [0.05, 0.1) is 0 Å². The lowest BCUT2D eigenvalue weighted by Gasteiger charge is -2.42. The SMILES string of the molecule is CNC1(C)CCN(S(=O)(=O)N2CCCCC2C)CC1. The Kier molecular flexibility index (Phi) is 4.55. The van der Waals surface area contributed by atoms with E-state index in [1.165, 1.54) is 0 Å². The molecular formula is C13H27N3O2S. The lowest BCUT2D eigenvalue weighted by atomic mass is 9.91. The molecule has 0 aliphatic carbocycles. The monoisotopic (exact) mass is 289 g/mol. The molecule has 2 aliphatic heterocycles. The topological polar surface area (TPSA) is 52.7 Å². The standard InChI is InChI=1S/C13H27N3O2S/c1-12-6-4-5-9-16(12)19(17,18)15-10-7-13(2,14-3)8-11-15/h12,14H,4-11H2,1-3H3. The van der Waals surface area contributed by atoms with Gasteiger partial charge in [0, 0.05) is 31.2 Å². The summed E-state index contributed by atoms with van der Waals surface area (Å²) in [5, 5.41) is 3.31. The van der Waals surface area contributed by atoms with E-state index in [4.69, 9.17) is 0 Å². The summed E-state index contributed by atoms with van der Waals surface area (Å²) in [5.74, 6) is 0. The first kappa shape index (κ1) is 15.2. The summed E-state index contributed by atoms with van der Waals surface area (Å²) in [6.45, 7) is 6.13. The van der Waals surface area contributed by atoms with Crippen molar-refractivity contribution in [2.75, 3.05) is 26.7 Å². The van der Waals surface area contributed by atoms with E-state index in [0.29, 0.717) is 19.6 Å². The minimum Gasteiger partial charge on any atom is -0.314 e. The molecule has 5 nitrogen and oxygen atoms in total. The van der Waals surface area contributed by atoms with E-state index in [1.807, 2.05) is 14.0 Å². The van der Waals surface area contributed by atoms with E-state index in [9.17, 15) is 8.42 Å². The molecule has 2 rings (SSSR count). The van der Waals surface area contributed by atoms with Crippen LogP contribution in [0.1, 0.15) is 46.0 Å². The molecule has 0 bridgehead atoms. The van der Waals surface area contributed by atoms with Gasteiger partial charge in [-0.1, -0.05) is 6.42 Å². The molecule has 0 amide bonds. The Labute approximate surface area is 117 Å². The Morgan fingerprint density at radius 2 is 1.79 bits per heavy atom. The molecule has 2 fully saturated rings. The van der Waals surface area contributed by atoms with Gasteiger partial charge < -0.3 is 5.32 Å². The van der Waals surface area contributed by atoms with Crippen LogP contribution >= 0.6 is 0 Å². The molecule has 0 aromatic rings. The molecule has 1 N–H and O–H groups in total. The Morgan fingerprint density at radius 1 is 1.16 bits per heavy atom. The van der Waals surface area contributed by atoms with E-state index in [0.717, 1.165) is 32.1 Å². The van der Waals surface area contributed by atoms with Crippen molar-refractivity contribution < 1.29 is 8.42 Å². The van der Waals surface area contributed by atoms with Crippen molar-refractivity contribution in [3.8, 4) is 0 Å². The van der Waals surface area contributed by atoms with Gasteiger partial charge in [0.1, 0.15) is 0 Å². The second-order valence-electron chi connectivity index (χ2n) is 6.17. The summed E-state index contributed by atoms with van der Waals surface area (Å²) < 4.78 is 28.7. The number of nitrogens with one attached hydrogen (secondary N) is 1. The van der Waals surface area contributed by atoms with Gasteiger partial charge in [-0.15, -0.1) is 0 Å². The van der Waals surface area contributed by atoms with Gasteiger partial charge in [0.25, 0.3) is 10.2 Å². The van der Waals surface area contributed by atoms with E-state index >= 15 is 0 Å². The molecule has 6 heteroatoms. The minimum absolute atomic E-state index is 0.0829. The molecule has 1 unspecified atom stereocenters. The fraction of sp³-hybridized carbons (Fsp3) is 1.00. The lowest BCUT2D eigenvalue weighted by molar-refractivity contribution is 0.193. The number of nitrogens with zero attached hydrogens (tertiary/aromatic N) is 2. The van der Waals surface area contributed by atoms with Gasteiger partial charge in [0.2, 0.25) is 0 Å². The second-order valence-corrected chi connectivity index (χ2v) is 8.05. The largest absolute Gasteiger partial charge is 0.314 e.